The van der Waals surface area contributed by atoms with E-state index in [-0.39, 0.29) is 0 Å². The molecule has 4 nitrogen and oxygen atoms in total. The minimum Gasteiger partial charge on any atom is -0.317 e. The second kappa shape index (κ2) is 4.71. The summed E-state index contributed by atoms with van der Waals surface area (Å²) in [6, 6.07) is 6.12. The largest absolute Gasteiger partial charge is 0.317 e. The number of hydrogen-bond acceptors (Lipinski definition) is 3. The van der Waals surface area contributed by atoms with Gasteiger partial charge < -0.3 is 9.72 Å². The van der Waals surface area contributed by atoms with Crippen molar-refractivity contribution >= 4 is 21.4 Å². The predicted octanol–water partition coefficient (Wildman–Crippen LogP) is 2.44. The molecule has 0 radical (unpaired) electrons. The van der Waals surface area contributed by atoms with Gasteiger partial charge in [-0.3, -0.25) is 0 Å². The van der Waals surface area contributed by atoms with E-state index >= 15 is 0 Å². The minimum absolute atomic E-state index is 0.440. The summed E-state index contributed by atoms with van der Waals surface area (Å²) >= 11 is 3.50. The van der Waals surface area contributed by atoms with Gasteiger partial charge in [0.1, 0.15) is 11.9 Å². The molecule has 0 unspecified atom stereocenters. The molecule has 0 atom stereocenters. The number of piperidine rings is 1. The highest BCUT2D eigenvalue weighted by Crippen LogP contribution is 2.29. The summed E-state index contributed by atoms with van der Waals surface area (Å²) < 4.78 is 2.98. The molecule has 1 N–H and O–H groups in total. The van der Waals surface area contributed by atoms with E-state index in [1.807, 2.05) is 18.3 Å². The van der Waals surface area contributed by atoms with Crippen LogP contribution in [-0.2, 0) is 0 Å². The maximum absolute atomic E-state index is 9.21. The zero-order chi connectivity index (χ0) is 12.5. The van der Waals surface area contributed by atoms with E-state index in [4.69, 9.17) is 0 Å². The maximum Gasteiger partial charge on any atom is 0.167 e. The van der Waals surface area contributed by atoms with Gasteiger partial charge in [0.15, 0.2) is 5.69 Å². The van der Waals surface area contributed by atoms with E-state index in [0.29, 0.717) is 11.6 Å². The number of fused-ring (bicyclic) bond motifs is 1. The van der Waals surface area contributed by atoms with Gasteiger partial charge in [0.05, 0.1) is 5.52 Å². The van der Waals surface area contributed by atoms with Crippen molar-refractivity contribution in [2.75, 3.05) is 13.1 Å². The Morgan fingerprint density at radius 2 is 2.22 bits per heavy atom. The molecule has 0 aliphatic carbocycles. The van der Waals surface area contributed by atoms with Crippen LogP contribution in [-0.4, -0.2) is 22.5 Å². The first-order valence-corrected chi connectivity index (χ1v) is 6.88. The lowest BCUT2D eigenvalue weighted by atomic mass is 9.97. The minimum atomic E-state index is 0.440. The molecule has 3 heterocycles. The van der Waals surface area contributed by atoms with Gasteiger partial charge in [-0.2, -0.15) is 5.26 Å². The van der Waals surface area contributed by atoms with Crippen molar-refractivity contribution in [2.45, 2.75) is 18.8 Å². The third-order valence-corrected chi connectivity index (χ3v) is 4.09. The molecule has 2 aromatic rings. The topological polar surface area (TPSA) is 53.1 Å². The summed E-state index contributed by atoms with van der Waals surface area (Å²) in [5.41, 5.74) is 1.39. The van der Waals surface area contributed by atoms with Gasteiger partial charge in [-0.05, 0) is 54.0 Å². The first-order chi connectivity index (χ1) is 8.81. The van der Waals surface area contributed by atoms with Crippen LogP contribution >= 0.6 is 15.9 Å². The zero-order valence-electron chi connectivity index (χ0n) is 9.86. The van der Waals surface area contributed by atoms with E-state index in [1.54, 1.807) is 0 Å². The number of nitrogens with one attached hydrogen (secondary N) is 1. The molecule has 3 rings (SSSR count). The van der Waals surface area contributed by atoms with Gasteiger partial charge in [0.25, 0.3) is 0 Å². The maximum atomic E-state index is 9.21. The highest BCUT2D eigenvalue weighted by Gasteiger charge is 2.22. The standard InChI is InChI=1S/C13H13BrN4/c14-10-2-1-7-18-12(10)11(8-15)17-13(18)9-3-5-16-6-4-9/h1-2,7,9,16H,3-6H2. The first-order valence-electron chi connectivity index (χ1n) is 6.08. The predicted molar refractivity (Wildman–Crippen MR) is 72.5 cm³/mol. The van der Waals surface area contributed by atoms with E-state index in [1.165, 1.54) is 0 Å². The van der Waals surface area contributed by atoms with Crippen LogP contribution in [0, 0.1) is 11.3 Å². The van der Waals surface area contributed by atoms with Crippen LogP contribution in [0.25, 0.3) is 5.52 Å². The van der Waals surface area contributed by atoms with Gasteiger partial charge in [0.2, 0.25) is 0 Å². The van der Waals surface area contributed by atoms with Crippen molar-refractivity contribution in [1.29, 1.82) is 5.26 Å². The first kappa shape index (κ1) is 11.7. The molecule has 0 saturated carbocycles. The lowest BCUT2D eigenvalue weighted by molar-refractivity contribution is 0.444. The summed E-state index contributed by atoms with van der Waals surface area (Å²) in [6.07, 6.45) is 4.15. The van der Waals surface area contributed by atoms with Gasteiger partial charge in [0, 0.05) is 16.6 Å². The van der Waals surface area contributed by atoms with Crippen LogP contribution in [0.1, 0.15) is 30.3 Å². The quantitative estimate of drug-likeness (QED) is 0.880. The van der Waals surface area contributed by atoms with Crippen molar-refractivity contribution in [3.63, 3.8) is 0 Å². The molecule has 1 aliphatic heterocycles. The summed E-state index contributed by atoms with van der Waals surface area (Å²) in [7, 11) is 0. The molecule has 1 saturated heterocycles. The average molecular weight is 305 g/mol. The summed E-state index contributed by atoms with van der Waals surface area (Å²) in [5.74, 6) is 1.46. The Labute approximate surface area is 114 Å². The monoisotopic (exact) mass is 304 g/mol. The van der Waals surface area contributed by atoms with Gasteiger partial charge >= 0.3 is 0 Å². The molecule has 0 amide bonds. The fourth-order valence-corrected chi connectivity index (χ4v) is 3.10. The Hall–Kier alpha value is -1.38. The highest BCUT2D eigenvalue weighted by atomic mass is 79.9. The highest BCUT2D eigenvalue weighted by molar-refractivity contribution is 9.10. The van der Waals surface area contributed by atoms with Crippen LogP contribution in [0.15, 0.2) is 22.8 Å². The van der Waals surface area contributed by atoms with Crippen molar-refractivity contribution < 1.29 is 0 Å². The smallest absolute Gasteiger partial charge is 0.167 e. The van der Waals surface area contributed by atoms with Crippen LogP contribution in [0.4, 0.5) is 0 Å². The van der Waals surface area contributed by atoms with Crippen molar-refractivity contribution in [3.8, 4) is 6.07 Å². The van der Waals surface area contributed by atoms with E-state index in [2.05, 4.69) is 36.7 Å². The molecule has 1 aliphatic rings. The van der Waals surface area contributed by atoms with E-state index in [9.17, 15) is 5.26 Å². The normalized spacial score (nSPS) is 16.9. The molecule has 0 spiro atoms. The third kappa shape index (κ3) is 1.82. The lowest BCUT2D eigenvalue weighted by Crippen LogP contribution is -2.27. The van der Waals surface area contributed by atoms with Crippen molar-refractivity contribution in [2.24, 2.45) is 0 Å². The number of nitriles is 1. The summed E-state index contributed by atoms with van der Waals surface area (Å²) in [5, 5.41) is 12.6. The molecule has 1 fully saturated rings. The van der Waals surface area contributed by atoms with Crippen LogP contribution in [0.3, 0.4) is 0 Å². The Kier molecular flexibility index (Phi) is 3.06. The number of pyridine rings is 1. The molecule has 0 bridgehead atoms. The molecule has 2 aromatic heterocycles. The second-order valence-electron chi connectivity index (χ2n) is 4.53. The average Bonchev–Trinajstić information content (AvgIpc) is 2.80. The number of nitrogens with zero attached hydrogens (tertiary/aromatic N) is 3. The van der Waals surface area contributed by atoms with Crippen LogP contribution in [0.5, 0.6) is 0 Å². The fourth-order valence-electron chi connectivity index (χ4n) is 2.57. The second-order valence-corrected chi connectivity index (χ2v) is 5.38. The Morgan fingerprint density at radius 1 is 1.44 bits per heavy atom. The van der Waals surface area contributed by atoms with E-state index < -0.39 is 0 Å². The molecular formula is C13H13BrN4. The Balaban J connectivity index is 2.18. The number of hydrogen-bond donors (Lipinski definition) is 1. The number of imidazole rings is 1. The lowest BCUT2D eigenvalue weighted by Gasteiger charge is -2.21. The summed E-state index contributed by atoms with van der Waals surface area (Å²) in [4.78, 5) is 4.54. The van der Waals surface area contributed by atoms with Gasteiger partial charge in [-0.25, -0.2) is 4.98 Å². The van der Waals surface area contributed by atoms with Crippen LogP contribution in [0.2, 0.25) is 0 Å². The van der Waals surface area contributed by atoms with Gasteiger partial charge in [-0.15, -0.1) is 0 Å². The Bertz CT molecular complexity index is 620. The zero-order valence-corrected chi connectivity index (χ0v) is 11.4. The molecular weight excluding hydrogens is 292 g/mol. The Morgan fingerprint density at radius 3 is 2.94 bits per heavy atom. The van der Waals surface area contributed by atoms with Crippen LogP contribution < -0.4 is 5.32 Å². The van der Waals surface area contributed by atoms with E-state index in [0.717, 1.165) is 41.7 Å². The third-order valence-electron chi connectivity index (χ3n) is 3.45. The molecule has 18 heavy (non-hydrogen) atoms. The van der Waals surface area contributed by atoms with Crippen molar-refractivity contribution in [3.05, 3.63) is 34.3 Å². The molecule has 92 valence electrons. The van der Waals surface area contributed by atoms with Gasteiger partial charge in [-0.1, -0.05) is 0 Å². The number of rotatable bonds is 1. The fraction of sp³-hybridized carbons (Fsp3) is 0.385. The number of aromatic nitrogens is 2. The summed E-state index contributed by atoms with van der Waals surface area (Å²) in [6.45, 7) is 2.05. The SMILES string of the molecule is N#Cc1nc(C2CCNCC2)n2cccc(Br)c12. The molecule has 0 aromatic carbocycles. The molecule has 5 heteroatoms. The number of halogens is 1. The van der Waals surface area contributed by atoms with Crippen molar-refractivity contribution in [1.82, 2.24) is 14.7 Å².